The van der Waals surface area contributed by atoms with Gasteiger partial charge in [0.1, 0.15) is 0 Å². The Balaban J connectivity index is 0.000000841. The van der Waals surface area contributed by atoms with Crippen molar-refractivity contribution in [3.8, 4) is 0 Å². The van der Waals surface area contributed by atoms with Crippen LogP contribution in [0.15, 0.2) is 65.6 Å². The van der Waals surface area contributed by atoms with Crippen LogP contribution in [0.25, 0.3) is 6.08 Å². The molecular formula is C35H54N4O7S. The van der Waals surface area contributed by atoms with E-state index in [0.717, 1.165) is 43.2 Å². The molecule has 12 heteroatoms. The maximum atomic E-state index is 13.5. The maximum absolute atomic E-state index is 13.5. The van der Waals surface area contributed by atoms with E-state index in [0.29, 0.717) is 13.0 Å². The van der Waals surface area contributed by atoms with Crippen LogP contribution >= 0.6 is 0 Å². The zero-order valence-electron chi connectivity index (χ0n) is 28.4. The maximum Gasteiger partial charge on any atom is 0.294 e. The zero-order valence-corrected chi connectivity index (χ0v) is 29.2. The molecule has 3 amide bonds. The Morgan fingerprint density at radius 1 is 0.894 bits per heavy atom. The third kappa shape index (κ3) is 16.7. The van der Waals surface area contributed by atoms with Crippen molar-refractivity contribution < 1.29 is 32.6 Å². The lowest BCUT2D eigenvalue weighted by Gasteiger charge is -2.30. The first kappa shape index (κ1) is 41.4. The molecule has 11 nitrogen and oxygen atoms in total. The van der Waals surface area contributed by atoms with Crippen LogP contribution in [0.2, 0.25) is 0 Å². The van der Waals surface area contributed by atoms with Gasteiger partial charge in [0.05, 0.1) is 22.8 Å². The van der Waals surface area contributed by atoms with Gasteiger partial charge in [0.25, 0.3) is 16.0 Å². The molecule has 262 valence electrons. The van der Waals surface area contributed by atoms with Crippen molar-refractivity contribution in [1.29, 1.82) is 0 Å². The number of aryl methyl sites for hydroxylation is 1. The Kier molecular flexibility index (Phi) is 19.5. The summed E-state index contributed by atoms with van der Waals surface area (Å²) in [5.41, 5.74) is 12.2. The highest BCUT2D eigenvalue weighted by molar-refractivity contribution is 7.85. The van der Waals surface area contributed by atoms with Crippen molar-refractivity contribution in [3.05, 3.63) is 71.8 Å². The Morgan fingerprint density at radius 2 is 1.49 bits per heavy atom. The lowest BCUT2D eigenvalue weighted by molar-refractivity contribution is -0.147. The molecule has 2 rings (SSSR count). The lowest BCUT2D eigenvalue weighted by Crippen LogP contribution is -2.54. The molecule has 0 unspecified atom stereocenters. The number of hydrogen-bond acceptors (Lipinski definition) is 7. The standard InChI is InChI=1S/C28H46N4O4.C7H8O3S/c1-5-6-7-8-9-13-19-32(28(35)22(4)29)30-26(33)25(20-21(2)3)24(27(34)31-36)18-14-17-23-15-11-10-12-16-23;1-6-2-4-7(5-3-6)11(8,9)10/h10-12,14-17,21-22,24-25,36H,5-9,13,18-20,29H2,1-4H3,(H,30,33)(H,31,34);2-5H,1H3,(H,8,9,10)/t22-,24+,25-;/m1./s1. The normalized spacial score (nSPS) is 13.3. The number of carbonyl (C=O) groups is 3. The van der Waals surface area contributed by atoms with Gasteiger partial charge in [-0.1, -0.05) is 113 Å². The predicted octanol–water partition coefficient (Wildman–Crippen LogP) is 5.68. The average Bonchev–Trinajstić information content (AvgIpc) is 3.03. The summed E-state index contributed by atoms with van der Waals surface area (Å²) in [5, 5.41) is 10.7. The first-order chi connectivity index (χ1) is 22.2. The number of nitrogens with two attached hydrogens (primary N) is 1. The van der Waals surface area contributed by atoms with Gasteiger partial charge in [0, 0.05) is 6.54 Å². The van der Waals surface area contributed by atoms with Gasteiger partial charge in [-0.2, -0.15) is 8.42 Å². The highest BCUT2D eigenvalue weighted by Crippen LogP contribution is 2.26. The molecule has 0 spiro atoms. The summed E-state index contributed by atoms with van der Waals surface area (Å²) in [4.78, 5) is 38.8. The molecule has 0 saturated heterocycles. The van der Waals surface area contributed by atoms with E-state index in [1.165, 1.54) is 23.6 Å². The Labute approximate surface area is 280 Å². The molecule has 2 aromatic rings. The van der Waals surface area contributed by atoms with Crippen molar-refractivity contribution in [2.24, 2.45) is 23.5 Å². The summed E-state index contributed by atoms with van der Waals surface area (Å²) in [6, 6.07) is 14.9. The van der Waals surface area contributed by atoms with E-state index in [1.54, 1.807) is 24.5 Å². The molecule has 0 aliphatic heterocycles. The van der Waals surface area contributed by atoms with Crippen LogP contribution < -0.4 is 16.6 Å². The molecule has 0 fully saturated rings. The van der Waals surface area contributed by atoms with E-state index in [1.807, 2.05) is 63.3 Å². The first-order valence-electron chi connectivity index (χ1n) is 16.3. The molecule has 0 bridgehead atoms. The second-order valence-corrected chi connectivity index (χ2v) is 13.6. The third-order valence-corrected chi connectivity index (χ3v) is 8.32. The predicted molar refractivity (Wildman–Crippen MR) is 184 cm³/mol. The summed E-state index contributed by atoms with van der Waals surface area (Å²) in [6.07, 6.45) is 10.6. The molecule has 0 aromatic heterocycles. The van der Waals surface area contributed by atoms with Crippen molar-refractivity contribution in [1.82, 2.24) is 15.9 Å². The first-order valence-corrected chi connectivity index (χ1v) is 17.7. The van der Waals surface area contributed by atoms with E-state index in [-0.39, 0.29) is 23.1 Å². The van der Waals surface area contributed by atoms with Gasteiger partial charge in [-0.3, -0.25) is 34.6 Å². The summed E-state index contributed by atoms with van der Waals surface area (Å²) >= 11 is 0. The minimum atomic E-state index is -4.02. The SMILES string of the molecule is CCCCCCCCN(NC(=O)[C@H](CC(C)C)[C@H](CC=Cc1ccccc1)C(=O)NO)C(=O)[C@@H](C)N.Cc1ccc(S(=O)(=O)O)cc1. The van der Waals surface area contributed by atoms with Crippen LogP contribution in [-0.4, -0.2) is 53.5 Å². The molecule has 0 heterocycles. The molecule has 0 saturated carbocycles. The number of allylic oxidation sites excluding steroid dienone is 1. The molecule has 3 atom stereocenters. The van der Waals surface area contributed by atoms with E-state index in [4.69, 9.17) is 10.3 Å². The van der Waals surface area contributed by atoms with Crippen LogP contribution in [0.3, 0.4) is 0 Å². The number of nitrogens with zero attached hydrogens (tertiary/aromatic N) is 1. The van der Waals surface area contributed by atoms with E-state index >= 15 is 0 Å². The third-order valence-electron chi connectivity index (χ3n) is 7.45. The minimum Gasteiger partial charge on any atom is -0.320 e. The van der Waals surface area contributed by atoms with Crippen molar-refractivity contribution in [2.75, 3.05) is 6.54 Å². The largest absolute Gasteiger partial charge is 0.320 e. The second-order valence-electron chi connectivity index (χ2n) is 12.2. The summed E-state index contributed by atoms with van der Waals surface area (Å²) in [7, 11) is -4.02. The Morgan fingerprint density at radius 3 is 2.02 bits per heavy atom. The molecular weight excluding hydrogens is 620 g/mol. The van der Waals surface area contributed by atoms with Gasteiger partial charge >= 0.3 is 0 Å². The van der Waals surface area contributed by atoms with Gasteiger partial charge in [0.15, 0.2) is 0 Å². The summed E-state index contributed by atoms with van der Waals surface area (Å²) in [5.74, 6) is -2.86. The molecule has 47 heavy (non-hydrogen) atoms. The smallest absolute Gasteiger partial charge is 0.294 e. The minimum absolute atomic E-state index is 0.0666. The number of rotatable bonds is 17. The van der Waals surface area contributed by atoms with Crippen LogP contribution in [0.1, 0.15) is 90.2 Å². The van der Waals surface area contributed by atoms with Gasteiger partial charge in [0.2, 0.25) is 11.8 Å². The topological polar surface area (TPSA) is 179 Å². The Hall–Kier alpha value is -3.58. The molecule has 2 aromatic carbocycles. The van der Waals surface area contributed by atoms with Crippen molar-refractivity contribution in [2.45, 2.75) is 96.9 Å². The van der Waals surface area contributed by atoms with Gasteiger partial charge in [-0.05, 0) is 56.7 Å². The molecule has 0 radical (unpaired) electrons. The quantitative estimate of drug-likeness (QED) is 0.0615. The summed E-state index contributed by atoms with van der Waals surface area (Å²) in [6.45, 7) is 9.88. The highest BCUT2D eigenvalue weighted by atomic mass is 32.2. The van der Waals surface area contributed by atoms with Crippen LogP contribution in [0.5, 0.6) is 0 Å². The number of unbranched alkanes of at least 4 members (excludes halogenated alkanes) is 5. The lowest BCUT2D eigenvalue weighted by atomic mass is 9.82. The number of carbonyl (C=O) groups excluding carboxylic acids is 3. The van der Waals surface area contributed by atoms with Crippen LogP contribution in [0.4, 0.5) is 0 Å². The second kappa shape index (κ2) is 22.1. The zero-order chi connectivity index (χ0) is 35.4. The fourth-order valence-electron chi connectivity index (χ4n) is 4.86. The van der Waals surface area contributed by atoms with E-state index in [9.17, 15) is 28.0 Å². The van der Waals surface area contributed by atoms with E-state index < -0.39 is 39.8 Å². The molecule has 0 aliphatic rings. The van der Waals surface area contributed by atoms with Crippen LogP contribution in [0, 0.1) is 24.7 Å². The molecule has 0 aliphatic carbocycles. The number of hydroxylamine groups is 1. The highest BCUT2D eigenvalue weighted by Gasteiger charge is 2.35. The monoisotopic (exact) mass is 674 g/mol. The van der Waals surface area contributed by atoms with Crippen molar-refractivity contribution >= 4 is 33.9 Å². The number of nitrogens with one attached hydrogen (secondary N) is 2. The number of amides is 3. The molecule has 6 N–H and O–H groups in total. The van der Waals surface area contributed by atoms with E-state index in [2.05, 4.69) is 12.3 Å². The summed E-state index contributed by atoms with van der Waals surface area (Å²) < 4.78 is 29.6. The number of hydrazine groups is 1. The number of hydrogen-bond donors (Lipinski definition) is 5. The average molecular weight is 675 g/mol. The van der Waals surface area contributed by atoms with Gasteiger partial charge < -0.3 is 5.73 Å². The van der Waals surface area contributed by atoms with Crippen LogP contribution in [-0.2, 0) is 24.5 Å². The fraction of sp³-hybridized carbons (Fsp3) is 0.514. The Bertz CT molecular complexity index is 1350. The number of benzene rings is 2. The van der Waals surface area contributed by atoms with Crippen molar-refractivity contribution in [3.63, 3.8) is 0 Å². The fourth-order valence-corrected chi connectivity index (χ4v) is 5.34. The van der Waals surface area contributed by atoms with Gasteiger partial charge in [-0.15, -0.1) is 0 Å². The van der Waals surface area contributed by atoms with Gasteiger partial charge in [-0.25, -0.2) is 5.48 Å².